The molecule has 11 nitrogen and oxygen atoms in total. The molecule has 13 heteroatoms. The van der Waals surface area contributed by atoms with Crippen LogP contribution in [0.5, 0.6) is 5.75 Å². The molecule has 1 atom stereocenters. The van der Waals surface area contributed by atoms with Crippen LogP contribution in [0.15, 0.2) is 76.0 Å². The fourth-order valence-corrected chi connectivity index (χ4v) is 8.16. The maximum atomic E-state index is 13.6. The van der Waals surface area contributed by atoms with Crippen LogP contribution in [0.2, 0.25) is 0 Å². The number of amides is 1. The summed E-state index contributed by atoms with van der Waals surface area (Å²) >= 11 is 1.37. The number of benzene rings is 3. The average molecular weight is 686 g/mol. The highest BCUT2D eigenvalue weighted by molar-refractivity contribution is 7.91. The third-order valence-corrected chi connectivity index (χ3v) is 11.8. The van der Waals surface area contributed by atoms with E-state index in [4.69, 9.17) is 14.2 Å². The summed E-state index contributed by atoms with van der Waals surface area (Å²) in [6.45, 7) is 4.87. The number of aromatic amines is 1. The third kappa shape index (κ3) is 6.65. The van der Waals surface area contributed by atoms with E-state index in [0.29, 0.717) is 40.3 Å². The lowest BCUT2D eigenvalue weighted by atomic mass is 9.95. The van der Waals surface area contributed by atoms with Crippen LogP contribution in [0.4, 0.5) is 5.13 Å². The van der Waals surface area contributed by atoms with Crippen molar-refractivity contribution < 1.29 is 22.5 Å². The van der Waals surface area contributed by atoms with E-state index < -0.39 is 26.9 Å². The molecule has 0 bridgehead atoms. The van der Waals surface area contributed by atoms with Crippen LogP contribution in [0.1, 0.15) is 60.3 Å². The number of hydrogen-bond donors (Lipinski definition) is 2. The molecule has 0 saturated heterocycles. The van der Waals surface area contributed by atoms with Crippen LogP contribution < -0.4 is 20.1 Å². The Hall–Kier alpha value is -4.75. The first-order valence-corrected chi connectivity index (χ1v) is 18.2. The molecule has 0 aliphatic heterocycles. The molecule has 7 rings (SSSR count). The number of rotatable bonds is 12. The minimum atomic E-state index is -3.77. The summed E-state index contributed by atoms with van der Waals surface area (Å²) in [6, 6.07) is 21.4. The van der Waals surface area contributed by atoms with Crippen molar-refractivity contribution in [2.45, 2.75) is 50.8 Å². The zero-order chi connectivity index (χ0) is 33.6. The molecule has 2 fully saturated rings. The molecule has 2 saturated carbocycles. The number of nitrogens with zero attached hydrogens (tertiary/aromatic N) is 3. The molecule has 248 valence electrons. The SMILES string of the molecule is COc1cccc(-c2sc(N(CC3CC3)[C@H](C)c3ccc(-c4cc(C)ccc4-c4noc(=O)[nH]4)cc3)nc2C(=O)NS(=O)(=O)C2CC2)c1. The van der Waals surface area contributed by atoms with E-state index in [1.807, 2.05) is 61.5 Å². The molecule has 2 aromatic heterocycles. The number of ether oxygens (including phenoxy) is 1. The molecule has 1 amide bonds. The molecule has 2 aliphatic rings. The Bertz CT molecular complexity index is 2150. The average Bonchev–Trinajstić information content (AvgIpc) is 4.02. The minimum Gasteiger partial charge on any atom is -0.497 e. The zero-order valence-electron chi connectivity index (χ0n) is 26.7. The van der Waals surface area contributed by atoms with Gasteiger partial charge in [0.05, 0.1) is 23.3 Å². The molecule has 2 N–H and O–H groups in total. The van der Waals surface area contributed by atoms with Gasteiger partial charge in [-0.05, 0) is 79.8 Å². The van der Waals surface area contributed by atoms with Crippen LogP contribution in [-0.2, 0) is 10.0 Å². The van der Waals surface area contributed by atoms with Gasteiger partial charge < -0.3 is 9.64 Å². The van der Waals surface area contributed by atoms with Gasteiger partial charge >= 0.3 is 5.76 Å². The number of sulfonamides is 1. The van der Waals surface area contributed by atoms with Crippen LogP contribution >= 0.6 is 11.3 Å². The van der Waals surface area contributed by atoms with E-state index in [1.54, 1.807) is 7.11 Å². The summed E-state index contributed by atoms with van der Waals surface area (Å²) in [5.41, 5.74) is 5.52. The number of aromatic nitrogens is 3. The van der Waals surface area contributed by atoms with Gasteiger partial charge in [0, 0.05) is 12.1 Å². The molecule has 3 aromatic carbocycles. The van der Waals surface area contributed by atoms with Crippen molar-refractivity contribution in [1.29, 1.82) is 0 Å². The highest BCUT2D eigenvalue weighted by Gasteiger charge is 2.38. The number of H-pyrrole nitrogens is 1. The number of anilines is 1. The molecule has 0 spiro atoms. The van der Waals surface area contributed by atoms with Gasteiger partial charge in [0.25, 0.3) is 5.91 Å². The van der Waals surface area contributed by atoms with Crippen molar-refractivity contribution in [2.75, 3.05) is 18.6 Å². The molecule has 2 heterocycles. The Labute approximate surface area is 282 Å². The maximum absolute atomic E-state index is 13.6. The van der Waals surface area contributed by atoms with Gasteiger partial charge in [0.15, 0.2) is 11.0 Å². The first kappa shape index (κ1) is 31.8. The van der Waals surface area contributed by atoms with Crippen molar-refractivity contribution in [3.8, 4) is 38.7 Å². The Balaban J connectivity index is 1.24. The number of thiazole rings is 1. The lowest BCUT2D eigenvalue weighted by Crippen LogP contribution is -2.34. The van der Waals surface area contributed by atoms with E-state index >= 15 is 0 Å². The lowest BCUT2D eigenvalue weighted by molar-refractivity contribution is 0.0977. The monoisotopic (exact) mass is 685 g/mol. The fraction of sp³-hybridized carbons (Fsp3) is 0.314. The van der Waals surface area contributed by atoms with Gasteiger partial charge in [-0.1, -0.05) is 76.7 Å². The van der Waals surface area contributed by atoms with Gasteiger partial charge in [-0.2, -0.15) is 0 Å². The first-order valence-electron chi connectivity index (χ1n) is 15.8. The second kappa shape index (κ2) is 12.7. The summed E-state index contributed by atoms with van der Waals surface area (Å²) in [7, 11) is -2.20. The number of nitrogens with one attached hydrogen (secondary N) is 2. The number of hydrogen-bond acceptors (Lipinski definition) is 10. The molecular weight excluding hydrogens is 651 g/mol. The van der Waals surface area contributed by atoms with Crippen LogP contribution in [0.3, 0.4) is 0 Å². The Morgan fingerprint density at radius 3 is 2.50 bits per heavy atom. The van der Waals surface area contributed by atoms with Gasteiger partial charge in [-0.25, -0.2) is 22.9 Å². The van der Waals surface area contributed by atoms with E-state index in [9.17, 15) is 18.0 Å². The van der Waals surface area contributed by atoms with Gasteiger partial charge in [0.1, 0.15) is 11.4 Å². The smallest absolute Gasteiger partial charge is 0.439 e. The van der Waals surface area contributed by atoms with E-state index in [-0.39, 0.29) is 11.7 Å². The van der Waals surface area contributed by atoms with Gasteiger partial charge in [-0.3, -0.25) is 14.3 Å². The molecule has 5 aromatic rings. The van der Waals surface area contributed by atoms with E-state index in [2.05, 4.69) is 38.8 Å². The predicted molar refractivity (Wildman–Crippen MR) is 185 cm³/mol. The highest BCUT2D eigenvalue weighted by atomic mass is 32.2. The number of carbonyl (C=O) groups is 1. The third-order valence-electron chi connectivity index (χ3n) is 8.80. The Morgan fingerprint density at radius 1 is 1.06 bits per heavy atom. The molecule has 2 aliphatic carbocycles. The lowest BCUT2D eigenvalue weighted by Gasteiger charge is -2.29. The predicted octanol–water partition coefficient (Wildman–Crippen LogP) is 6.34. The minimum absolute atomic E-state index is 0.0775. The van der Waals surface area contributed by atoms with Gasteiger partial charge in [0.2, 0.25) is 10.0 Å². The van der Waals surface area contributed by atoms with Crippen molar-refractivity contribution in [1.82, 2.24) is 19.8 Å². The summed E-state index contributed by atoms with van der Waals surface area (Å²) in [6.07, 6.45) is 3.32. The topological polar surface area (TPSA) is 147 Å². The normalized spacial score (nSPS) is 15.2. The maximum Gasteiger partial charge on any atom is 0.439 e. The van der Waals surface area contributed by atoms with Gasteiger partial charge in [-0.15, -0.1) is 0 Å². The summed E-state index contributed by atoms with van der Waals surface area (Å²) in [5, 5.41) is 4.00. The quantitative estimate of drug-likeness (QED) is 0.154. The Kier molecular flexibility index (Phi) is 8.42. The molecular formula is C35H35N5O6S2. The number of methoxy groups -OCH3 is 1. The highest BCUT2D eigenvalue weighted by Crippen LogP contribution is 2.42. The summed E-state index contributed by atoms with van der Waals surface area (Å²) in [5.74, 6) is 0.145. The van der Waals surface area contributed by atoms with E-state index in [0.717, 1.165) is 52.8 Å². The zero-order valence-corrected chi connectivity index (χ0v) is 28.4. The molecule has 0 radical (unpaired) electrons. The van der Waals surface area contributed by atoms with Crippen molar-refractivity contribution in [3.63, 3.8) is 0 Å². The van der Waals surface area contributed by atoms with Crippen molar-refractivity contribution in [2.24, 2.45) is 5.92 Å². The standard InChI is InChI=1S/C35H35N5O6S2/c1-20-7-16-28(32-37-35(42)46-38-32)29(17-20)24-12-10-23(11-13-24)21(2)40(19-22-8-9-22)34-36-30(33(41)39-48(43,44)27-14-15-27)31(47-34)25-5-4-6-26(18-25)45-3/h4-7,10-13,16-18,21-22,27H,8-9,14-15,19H2,1-3H3,(H,39,41)(H,37,38,42)/t21-/m1/s1. The number of carbonyl (C=O) groups excluding carboxylic acids is 1. The van der Waals surface area contributed by atoms with Crippen LogP contribution in [0, 0.1) is 12.8 Å². The Morgan fingerprint density at radius 2 is 1.83 bits per heavy atom. The summed E-state index contributed by atoms with van der Waals surface area (Å²) < 4.78 is 38.0. The second-order valence-corrected chi connectivity index (χ2v) is 15.4. The summed E-state index contributed by atoms with van der Waals surface area (Å²) in [4.78, 5) is 35.5. The molecule has 48 heavy (non-hydrogen) atoms. The largest absolute Gasteiger partial charge is 0.497 e. The first-order chi connectivity index (χ1) is 23.1. The fourth-order valence-electron chi connectivity index (χ4n) is 5.74. The van der Waals surface area contributed by atoms with Crippen molar-refractivity contribution >= 4 is 32.4 Å². The van der Waals surface area contributed by atoms with Crippen LogP contribution in [0.25, 0.3) is 33.0 Å². The van der Waals surface area contributed by atoms with E-state index in [1.165, 1.54) is 11.3 Å². The number of aryl methyl sites for hydroxylation is 1. The second-order valence-electron chi connectivity index (χ2n) is 12.5. The molecule has 0 unspecified atom stereocenters. The van der Waals surface area contributed by atoms with Crippen molar-refractivity contribution in [3.05, 3.63) is 94.1 Å². The van der Waals surface area contributed by atoms with Crippen LogP contribution in [-0.4, -0.2) is 48.4 Å².